The number of hydrogen-bond acceptors (Lipinski definition) is 5. The number of amides is 1. The van der Waals surface area contributed by atoms with Crippen LogP contribution in [0.2, 0.25) is 0 Å². The highest BCUT2D eigenvalue weighted by Crippen LogP contribution is 2.29. The molecule has 0 aliphatic heterocycles. The summed E-state index contributed by atoms with van der Waals surface area (Å²) in [5.41, 5.74) is 0.409. The fourth-order valence-electron chi connectivity index (χ4n) is 2.62. The van der Waals surface area contributed by atoms with E-state index in [1.54, 1.807) is 0 Å². The first kappa shape index (κ1) is 16.7. The Hall–Kier alpha value is -1.67. The van der Waals surface area contributed by atoms with Crippen LogP contribution in [0.15, 0.2) is 24.3 Å². The van der Waals surface area contributed by atoms with Gasteiger partial charge in [-0.25, -0.2) is 0 Å². The first-order valence-electron chi connectivity index (χ1n) is 7.05. The van der Waals surface area contributed by atoms with Crippen LogP contribution in [0.5, 0.6) is 5.75 Å². The Kier molecular flexibility index (Phi) is 5.36. The largest absolute Gasteiger partial charge is 0.488 e. The second-order valence-electron chi connectivity index (χ2n) is 5.37. The summed E-state index contributed by atoms with van der Waals surface area (Å²) in [7, 11) is -5.06. The van der Waals surface area contributed by atoms with Gasteiger partial charge in [-0.1, -0.05) is 16.7 Å². The molecule has 122 valence electrons. The van der Waals surface area contributed by atoms with Crippen LogP contribution >= 0.6 is 0 Å². The third-order valence-electron chi connectivity index (χ3n) is 3.67. The molecule has 2 N–H and O–H groups in total. The molecule has 1 aromatic rings. The molecular weight excluding hydrogens is 313 g/mol. The molecule has 1 fully saturated rings. The normalized spacial score (nSPS) is 17.2. The van der Waals surface area contributed by atoms with E-state index in [-0.39, 0.29) is 24.0 Å². The van der Waals surface area contributed by atoms with Gasteiger partial charge in [0.15, 0.2) is 0 Å². The summed E-state index contributed by atoms with van der Waals surface area (Å²) in [6, 6.07) is 5.22. The van der Waals surface area contributed by atoms with Crippen molar-refractivity contribution in [1.29, 1.82) is 0 Å². The summed E-state index contributed by atoms with van der Waals surface area (Å²) in [6.07, 6.45) is 3.42. The van der Waals surface area contributed by atoms with Crippen LogP contribution < -0.4 is 9.50 Å². The zero-order valence-electron chi connectivity index (χ0n) is 11.9. The van der Waals surface area contributed by atoms with Gasteiger partial charge in [-0.05, 0) is 43.0 Å². The van der Waals surface area contributed by atoms with E-state index in [4.69, 9.17) is 0 Å². The van der Waals surface area contributed by atoms with Crippen LogP contribution in [0.1, 0.15) is 32.1 Å². The maximum Gasteiger partial charge on any atom is 0.488 e. The van der Waals surface area contributed by atoms with Gasteiger partial charge in [0.05, 0.1) is 12.5 Å². The zero-order valence-corrected chi connectivity index (χ0v) is 12.7. The first-order valence-corrected chi connectivity index (χ1v) is 8.36. The third-order valence-corrected chi connectivity index (χ3v) is 4.06. The molecule has 1 atom stereocenters. The van der Waals surface area contributed by atoms with Gasteiger partial charge in [0.25, 0.3) is 0 Å². The number of nitrogens with one attached hydrogen (secondary N) is 1. The lowest BCUT2D eigenvalue weighted by Crippen LogP contribution is -2.25. The van der Waals surface area contributed by atoms with Gasteiger partial charge in [0.2, 0.25) is 5.91 Å². The van der Waals surface area contributed by atoms with E-state index < -0.39 is 16.6 Å². The molecule has 1 aliphatic rings. The van der Waals surface area contributed by atoms with Gasteiger partial charge in [-0.2, -0.15) is 8.42 Å². The Morgan fingerprint density at radius 3 is 2.45 bits per heavy atom. The van der Waals surface area contributed by atoms with Crippen LogP contribution in [-0.2, 0) is 15.3 Å². The molecule has 2 rings (SSSR count). The highest BCUT2D eigenvalue weighted by atomic mass is 32.3. The van der Waals surface area contributed by atoms with Crippen LogP contribution in [0.3, 0.4) is 0 Å². The van der Waals surface area contributed by atoms with Crippen LogP contribution in [-0.4, -0.2) is 25.5 Å². The molecule has 0 bridgehead atoms. The number of carbonyl (C=O) groups is 1. The van der Waals surface area contributed by atoms with Gasteiger partial charge in [0.1, 0.15) is 5.75 Å². The Bertz CT molecular complexity index is 611. The highest BCUT2D eigenvalue weighted by Gasteiger charge is 2.25. The van der Waals surface area contributed by atoms with E-state index in [0.717, 1.165) is 25.7 Å². The van der Waals surface area contributed by atoms with E-state index in [2.05, 4.69) is 9.50 Å². The van der Waals surface area contributed by atoms with Gasteiger partial charge in [0, 0.05) is 5.69 Å². The molecule has 8 heteroatoms. The molecule has 1 saturated carbocycles. The van der Waals surface area contributed by atoms with Crippen molar-refractivity contribution >= 4 is 22.1 Å². The lowest BCUT2D eigenvalue weighted by atomic mass is 9.98. The summed E-state index contributed by atoms with van der Waals surface area (Å²) in [5.74, 6) is -0.339. The number of benzene rings is 1. The number of carbonyl (C=O) groups excluding carboxylic acids is 1. The smallest absolute Gasteiger partial charge is 0.392 e. The van der Waals surface area contributed by atoms with E-state index in [1.165, 1.54) is 24.3 Å². The van der Waals surface area contributed by atoms with Crippen molar-refractivity contribution in [2.75, 3.05) is 5.32 Å². The van der Waals surface area contributed by atoms with E-state index in [1.807, 2.05) is 0 Å². The molecule has 0 saturated heterocycles. The summed E-state index contributed by atoms with van der Waals surface area (Å²) >= 11 is 0. The van der Waals surface area contributed by atoms with Crippen LogP contribution in [0.25, 0.3) is 0 Å². The number of anilines is 1. The first-order chi connectivity index (χ1) is 10.3. The second kappa shape index (κ2) is 7.06. The van der Waals surface area contributed by atoms with Crippen molar-refractivity contribution < 1.29 is 26.4 Å². The summed E-state index contributed by atoms with van der Waals surface area (Å²) in [5, 5.41) is 12.6. The van der Waals surface area contributed by atoms with Crippen molar-refractivity contribution in [2.24, 2.45) is 5.92 Å². The van der Waals surface area contributed by atoms with Gasteiger partial charge < -0.3 is 14.6 Å². The number of aliphatic hydroxyl groups is 1. The topological polar surface area (TPSA) is 92.7 Å². The predicted molar refractivity (Wildman–Crippen MR) is 78.3 cm³/mol. The Balaban J connectivity index is 1.86. The lowest BCUT2D eigenvalue weighted by Gasteiger charge is -2.17. The minimum atomic E-state index is -5.06. The third kappa shape index (κ3) is 5.27. The van der Waals surface area contributed by atoms with Gasteiger partial charge in [-0.3, -0.25) is 4.79 Å². The average molecular weight is 331 g/mol. The number of rotatable bonds is 6. The SMILES string of the molecule is O=C(CC(O)C1CCCC1)Nc1ccc(OS(=O)(=O)F)cc1. The van der Waals surface area contributed by atoms with Gasteiger partial charge in [-0.15, -0.1) is 0 Å². The molecule has 1 unspecified atom stereocenters. The van der Waals surface area contributed by atoms with Crippen molar-refractivity contribution in [3.05, 3.63) is 24.3 Å². The molecule has 6 nitrogen and oxygen atoms in total. The number of aliphatic hydroxyl groups excluding tert-OH is 1. The second-order valence-corrected chi connectivity index (χ2v) is 6.32. The molecule has 1 amide bonds. The standard InChI is InChI=1S/C14H18FNO5S/c15-22(19,20)21-12-7-5-11(6-8-12)16-14(18)9-13(17)10-3-1-2-4-10/h5-8,10,13,17H,1-4,9H2,(H,16,18). The van der Waals surface area contributed by atoms with Crippen molar-refractivity contribution in [3.8, 4) is 5.75 Å². The number of halogens is 1. The summed E-state index contributed by atoms with van der Waals surface area (Å²) in [4.78, 5) is 11.8. The molecule has 22 heavy (non-hydrogen) atoms. The Labute approximate surface area is 128 Å². The van der Waals surface area contributed by atoms with Gasteiger partial charge >= 0.3 is 10.5 Å². The van der Waals surface area contributed by atoms with Crippen molar-refractivity contribution in [3.63, 3.8) is 0 Å². The minimum Gasteiger partial charge on any atom is -0.392 e. The highest BCUT2D eigenvalue weighted by molar-refractivity contribution is 7.81. The lowest BCUT2D eigenvalue weighted by molar-refractivity contribution is -0.118. The number of hydrogen-bond donors (Lipinski definition) is 2. The molecule has 1 aliphatic carbocycles. The minimum absolute atomic E-state index is 0.0157. The molecular formula is C14H18FNO5S. The van der Waals surface area contributed by atoms with E-state index in [0.29, 0.717) is 5.69 Å². The predicted octanol–water partition coefficient (Wildman–Crippen LogP) is 2.16. The molecule has 0 heterocycles. The van der Waals surface area contributed by atoms with E-state index >= 15 is 0 Å². The fraction of sp³-hybridized carbons (Fsp3) is 0.500. The average Bonchev–Trinajstić information content (AvgIpc) is 2.93. The van der Waals surface area contributed by atoms with Crippen molar-refractivity contribution in [2.45, 2.75) is 38.2 Å². The fourth-order valence-corrected chi connectivity index (χ4v) is 2.96. The van der Waals surface area contributed by atoms with Crippen LogP contribution in [0, 0.1) is 5.92 Å². The quantitative estimate of drug-likeness (QED) is 0.779. The maximum atomic E-state index is 12.3. The molecule has 0 spiro atoms. The van der Waals surface area contributed by atoms with Crippen molar-refractivity contribution in [1.82, 2.24) is 0 Å². The summed E-state index contributed by atoms with van der Waals surface area (Å²) in [6.45, 7) is 0. The maximum absolute atomic E-state index is 12.3. The van der Waals surface area contributed by atoms with Crippen LogP contribution in [0.4, 0.5) is 9.57 Å². The van der Waals surface area contributed by atoms with E-state index in [9.17, 15) is 22.2 Å². The zero-order chi connectivity index (χ0) is 16.2. The molecule has 0 aromatic heterocycles. The molecule has 1 aromatic carbocycles. The molecule has 0 radical (unpaired) electrons. The Morgan fingerprint density at radius 2 is 1.91 bits per heavy atom. The summed E-state index contributed by atoms with van der Waals surface area (Å²) < 4.78 is 37.0. The monoisotopic (exact) mass is 331 g/mol. The Morgan fingerprint density at radius 1 is 1.32 bits per heavy atom.